The Hall–Kier alpha value is -0.850. The van der Waals surface area contributed by atoms with Crippen LogP contribution in [-0.2, 0) is 9.47 Å². The second-order valence-electron chi connectivity index (χ2n) is 2.04. The van der Waals surface area contributed by atoms with Gasteiger partial charge in [-0.1, -0.05) is 0 Å². The van der Waals surface area contributed by atoms with Gasteiger partial charge in [0.1, 0.15) is 0 Å². The summed E-state index contributed by atoms with van der Waals surface area (Å²) in [6.07, 6.45) is 2.43. The highest BCUT2D eigenvalue weighted by molar-refractivity contribution is 5.20. The highest BCUT2D eigenvalue weighted by atomic mass is 16.5. The van der Waals surface area contributed by atoms with Gasteiger partial charge in [-0.2, -0.15) is 5.26 Å². The van der Waals surface area contributed by atoms with Crippen molar-refractivity contribution >= 4 is 0 Å². The van der Waals surface area contributed by atoms with Crippen LogP contribution in [0.3, 0.4) is 0 Å². The smallest absolute Gasteiger partial charge is 0.0945 e. The number of nitrogens with zero attached hydrogens (tertiary/aromatic N) is 1. The maximum atomic E-state index is 8.55. The summed E-state index contributed by atoms with van der Waals surface area (Å²) in [5.74, 6) is 0. The molecule has 0 rings (SSSR count). The van der Waals surface area contributed by atoms with E-state index in [-0.39, 0.29) is 0 Å². The van der Waals surface area contributed by atoms with Crippen molar-refractivity contribution in [3.05, 3.63) is 11.6 Å². The SMILES string of the molecule is COC/C=C(/C#N)CCOC. The van der Waals surface area contributed by atoms with Crippen LogP contribution in [0.2, 0.25) is 0 Å². The van der Waals surface area contributed by atoms with Gasteiger partial charge in [0.05, 0.1) is 19.3 Å². The number of ether oxygens (including phenoxy) is 2. The van der Waals surface area contributed by atoms with Gasteiger partial charge in [-0.15, -0.1) is 0 Å². The molecule has 0 aliphatic carbocycles. The summed E-state index contributed by atoms with van der Waals surface area (Å²) in [5.41, 5.74) is 0.716. The van der Waals surface area contributed by atoms with Gasteiger partial charge in [0.15, 0.2) is 0 Å². The predicted molar refractivity (Wildman–Crippen MR) is 42.1 cm³/mol. The first-order valence-corrected chi connectivity index (χ1v) is 3.42. The zero-order valence-electron chi connectivity index (χ0n) is 6.96. The number of hydrogen-bond acceptors (Lipinski definition) is 3. The maximum absolute atomic E-state index is 8.55. The number of rotatable bonds is 5. The Morgan fingerprint density at radius 1 is 1.45 bits per heavy atom. The molecule has 0 aromatic carbocycles. The lowest BCUT2D eigenvalue weighted by molar-refractivity contribution is 0.202. The van der Waals surface area contributed by atoms with Crippen LogP contribution in [0.25, 0.3) is 0 Å². The van der Waals surface area contributed by atoms with E-state index in [1.165, 1.54) is 0 Å². The third-order valence-corrected chi connectivity index (χ3v) is 1.22. The molecular formula is C8H13NO2. The molecule has 3 nitrogen and oxygen atoms in total. The molecule has 3 heteroatoms. The average molecular weight is 155 g/mol. The molecule has 0 aliphatic heterocycles. The Labute approximate surface area is 67.2 Å². The van der Waals surface area contributed by atoms with Crippen LogP contribution in [-0.4, -0.2) is 27.4 Å². The quantitative estimate of drug-likeness (QED) is 0.559. The number of hydrogen-bond donors (Lipinski definition) is 0. The molecule has 0 aromatic rings. The Balaban J connectivity index is 3.67. The molecule has 0 spiro atoms. The summed E-state index contributed by atoms with van der Waals surface area (Å²) >= 11 is 0. The van der Waals surface area contributed by atoms with Gasteiger partial charge in [0.2, 0.25) is 0 Å². The Kier molecular flexibility index (Phi) is 6.70. The summed E-state index contributed by atoms with van der Waals surface area (Å²) in [6.45, 7) is 1.08. The van der Waals surface area contributed by atoms with E-state index >= 15 is 0 Å². The first kappa shape index (κ1) is 10.2. The molecule has 0 radical (unpaired) electrons. The van der Waals surface area contributed by atoms with Crippen LogP contribution in [0, 0.1) is 11.3 Å². The van der Waals surface area contributed by atoms with Crippen molar-refractivity contribution in [3.63, 3.8) is 0 Å². The first-order chi connectivity index (χ1) is 5.35. The predicted octanol–water partition coefficient (Wildman–Crippen LogP) is 1.12. The van der Waals surface area contributed by atoms with Crippen molar-refractivity contribution < 1.29 is 9.47 Å². The summed E-state index contributed by atoms with van der Waals surface area (Å²) in [5, 5.41) is 8.55. The average Bonchev–Trinajstić information content (AvgIpc) is 2.05. The molecule has 11 heavy (non-hydrogen) atoms. The molecule has 0 bridgehead atoms. The molecule has 0 amide bonds. The summed E-state index contributed by atoms with van der Waals surface area (Å²) in [4.78, 5) is 0. The van der Waals surface area contributed by atoms with E-state index in [0.717, 1.165) is 0 Å². The molecule has 0 saturated heterocycles. The van der Waals surface area contributed by atoms with E-state index in [9.17, 15) is 0 Å². The summed E-state index contributed by atoms with van der Waals surface area (Å²) < 4.78 is 9.61. The Bertz CT molecular complexity index is 158. The van der Waals surface area contributed by atoms with Crippen molar-refractivity contribution in [1.29, 1.82) is 5.26 Å². The second kappa shape index (κ2) is 7.26. The summed E-state index contributed by atoms with van der Waals surface area (Å²) in [7, 11) is 3.22. The van der Waals surface area contributed by atoms with E-state index in [2.05, 4.69) is 6.07 Å². The maximum Gasteiger partial charge on any atom is 0.0945 e. The minimum atomic E-state index is 0.493. The van der Waals surface area contributed by atoms with Crippen molar-refractivity contribution in [2.24, 2.45) is 0 Å². The second-order valence-corrected chi connectivity index (χ2v) is 2.04. The molecule has 0 unspecified atom stereocenters. The van der Waals surface area contributed by atoms with E-state index in [1.54, 1.807) is 20.3 Å². The molecule has 0 aromatic heterocycles. The van der Waals surface area contributed by atoms with Crippen LogP contribution in [0.4, 0.5) is 0 Å². The standard InChI is InChI=1S/C8H13NO2/c1-10-5-3-8(7-9)4-6-11-2/h3H,4-6H2,1-2H3/b8-3+. The van der Waals surface area contributed by atoms with Gasteiger partial charge in [0.25, 0.3) is 0 Å². The van der Waals surface area contributed by atoms with E-state index in [1.807, 2.05) is 0 Å². The van der Waals surface area contributed by atoms with Gasteiger partial charge in [-0.25, -0.2) is 0 Å². The van der Waals surface area contributed by atoms with Crippen molar-refractivity contribution in [1.82, 2.24) is 0 Å². The lowest BCUT2D eigenvalue weighted by atomic mass is 10.2. The van der Waals surface area contributed by atoms with E-state index in [0.29, 0.717) is 25.2 Å². The molecule has 0 heterocycles. The largest absolute Gasteiger partial charge is 0.384 e. The number of nitriles is 1. The van der Waals surface area contributed by atoms with E-state index < -0.39 is 0 Å². The fourth-order valence-electron chi connectivity index (χ4n) is 0.600. The molecule has 0 saturated carbocycles. The van der Waals surface area contributed by atoms with Crippen LogP contribution in [0.5, 0.6) is 0 Å². The van der Waals surface area contributed by atoms with E-state index in [4.69, 9.17) is 14.7 Å². The molecular weight excluding hydrogens is 142 g/mol. The van der Waals surface area contributed by atoms with Gasteiger partial charge in [-0.3, -0.25) is 0 Å². The molecule has 0 fully saturated rings. The summed E-state index contributed by atoms with van der Waals surface area (Å²) in [6, 6.07) is 2.07. The monoisotopic (exact) mass is 155 g/mol. The van der Waals surface area contributed by atoms with Crippen molar-refractivity contribution in [2.75, 3.05) is 27.4 Å². The van der Waals surface area contributed by atoms with Crippen molar-refractivity contribution in [2.45, 2.75) is 6.42 Å². The van der Waals surface area contributed by atoms with Crippen LogP contribution in [0.1, 0.15) is 6.42 Å². The topological polar surface area (TPSA) is 42.2 Å². The Morgan fingerprint density at radius 2 is 2.18 bits per heavy atom. The lowest BCUT2D eigenvalue weighted by Gasteiger charge is -1.96. The zero-order chi connectivity index (χ0) is 8.53. The highest BCUT2D eigenvalue weighted by Gasteiger charge is 1.93. The van der Waals surface area contributed by atoms with Crippen LogP contribution >= 0.6 is 0 Å². The normalized spacial score (nSPS) is 11.2. The van der Waals surface area contributed by atoms with Crippen LogP contribution in [0.15, 0.2) is 11.6 Å². The highest BCUT2D eigenvalue weighted by Crippen LogP contribution is 1.98. The first-order valence-electron chi connectivity index (χ1n) is 3.42. The molecule has 0 N–H and O–H groups in total. The van der Waals surface area contributed by atoms with Gasteiger partial charge in [-0.05, 0) is 6.08 Å². The minimum absolute atomic E-state index is 0.493. The third kappa shape index (κ3) is 5.59. The zero-order valence-corrected chi connectivity index (χ0v) is 6.96. The van der Waals surface area contributed by atoms with Gasteiger partial charge in [0, 0.05) is 26.2 Å². The van der Waals surface area contributed by atoms with Gasteiger partial charge < -0.3 is 9.47 Å². The fraction of sp³-hybridized carbons (Fsp3) is 0.625. The Morgan fingerprint density at radius 3 is 2.64 bits per heavy atom. The van der Waals surface area contributed by atoms with Gasteiger partial charge >= 0.3 is 0 Å². The van der Waals surface area contributed by atoms with Crippen molar-refractivity contribution in [3.8, 4) is 6.07 Å². The lowest BCUT2D eigenvalue weighted by Crippen LogP contribution is -1.92. The van der Waals surface area contributed by atoms with Crippen LogP contribution < -0.4 is 0 Å². The molecule has 62 valence electrons. The molecule has 0 aliphatic rings. The third-order valence-electron chi connectivity index (χ3n) is 1.22. The minimum Gasteiger partial charge on any atom is -0.384 e. The molecule has 0 atom stereocenters. The fourth-order valence-corrected chi connectivity index (χ4v) is 0.600. The number of methoxy groups -OCH3 is 2.